The van der Waals surface area contributed by atoms with Gasteiger partial charge in [-0.25, -0.2) is 9.97 Å². The Kier molecular flexibility index (Phi) is 5.33. The number of benzene rings is 1. The number of carbonyl (C=O) groups excluding carboxylic acids is 1. The average Bonchev–Trinajstić information content (AvgIpc) is 3.37. The van der Waals surface area contributed by atoms with Gasteiger partial charge in [0.15, 0.2) is 5.82 Å². The second-order valence-electron chi connectivity index (χ2n) is 6.87. The standard InChI is InChI=1S/C21H23N7O/c1-3-6-19-24-16-7-4-5-8-17(16)28(19)14(2)21(29)23-13-18-25-20(27-26-18)15-9-11-22-12-10-15/h4-5,7-12,14H,3,6,13H2,1-2H3,(H,23,29)(H,25,26,27). The maximum atomic E-state index is 12.9. The third kappa shape index (κ3) is 3.87. The molecule has 1 aromatic carbocycles. The Bertz CT molecular complexity index is 1120. The number of para-hydroxylation sites is 2. The number of amides is 1. The molecule has 1 amide bonds. The van der Waals surface area contributed by atoms with E-state index in [1.54, 1.807) is 12.4 Å². The van der Waals surface area contributed by atoms with E-state index in [1.165, 1.54) is 0 Å². The minimum atomic E-state index is -0.383. The first kappa shape index (κ1) is 18.8. The number of hydrogen-bond donors (Lipinski definition) is 2. The summed E-state index contributed by atoms with van der Waals surface area (Å²) < 4.78 is 2.02. The molecule has 0 aliphatic carbocycles. The summed E-state index contributed by atoms with van der Waals surface area (Å²) in [6.45, 7) is 4.28. The zero-order valence-electron chi connectivity index (χ0n) is 16.5. The number of carbonyl (C=O) groups is 1. The molecule has 148 valence electrons. The van der Waals surface area contributed by atoms with Crippen molar-refractivity contribution in [2.45, 2.75) is 39.3 Å². The lowest BCUT2D eigenvalue weighted by Crippen LogP contribution is -2.31. The monoisotopic (exact) mass is 389 g/mol. The van der Waals surface area contributed by atoms with E-state index < -0.39 is 0 Å². The third-order valence-corrected chi connectivity index (χ3v) is 4.81. The van der Waals surface area contributed by atoms with Crippen molar-refractivity contribution in [3.05, 3.63) is 60.4 Å². The molecule has 0 fully saturated rings. The lowest BCUT2D eigenvalue weighted by Gasteiger charge is -2.17. The van der Waals surface area contributed by atoms with Gasteiger partial charge in [-0.2, -0.15) is 5.10 Å². The van der Waals surface area contributed by atoms with Crippen molar-refractivity contribution in [1.29, 1.82) is 0 Å². The second kappa shape index (κ2) is 8.22. The van der Waals surface area contributed by atoms with E-state index in [0.717, 1.165) is 35.3 Å². The molecule has 2 N–H and O–H groups in total. The first-order valence-electron chi connectivity index (χ1n) is 9.72. The minimum Gasteiger partial charge on any atom is -0.347 e. The molecule has 4 rings (SSSR count). The normalized spacial score (nSPS) is 12.2. The summed E-state index contributed by atoms with van der Waals surface area (Å²) in [6, 6.07) is 11.2. The number of H-pyrrole nitrogens is 1. The van der Waals surface area contributed by atoms with Crippen LogP contribution in [0.4, 0.5) is 0 Å². The number of aromatic nitrogens is 6. The molecule has 4 aromatic rings. The molecule has 0 bridgehead atoms. The molecule has 1 unspecified atom stereocenters. The van der Waals surface area contributed by atoms with E-state index in [9.17, 15) is 4.79 Å². The summed E-state index contributed by atoms with van der Waals surface area (Å²) in [5.41, 5.74) is 2.75. The fourth-order valence-corrected chi connectivity index (χ4v) is 3.37. The number of aromatic amines is 1. The van der Waals surface area contributed by atoms with E-state index in [-0.39, 0.29) is 18.5 Å². The summed E-state index contributed by atoms with van der Waals surface area (Å²) in [4.78, 5) is 26.0. The van der Waals surface area contributed by atoms with Crippen molar-refractivity contribution >= 4 is 16.9 Å². The van der Waals surface area contributed by atoms with Gasteiger partial charge in [-0.15, -0.1) is 0 Å². The molecule has 29 heavy (non-hydrogen) atoms. The maximum Gasteiger partial charge on any atom is 0.243 e. The van der Waals surface area contributed by atoms with E-state index in [2.05, 4.69) is 32.4 Å². The lowest BCUT2D eigenvalue weighted by molar-refractivity contribution is -0.124. The molecular weight excluding hydrogens is 366 g/mol. The third-order valence-electron chi connectivity index (χ3n) is 4.81. The SMILES string of the molecule is CCCc1nc2ccccc2n1C(C)C(=O)NCc1nc(-c2ccncc2)n[nH]1. The highest BCUT2D eigenvalue weighted by molar-refractivity contribution is 5.84. The summed E-state index contributed by atoms with van der Waals surface area (Å²) in [5, 5.41) is 10.0. The van der Waals surface area contributed by atoms with Crippen molar-refractivity contribution < 1.29 is 4.79 Å². The molecule has 8 heteroatoms. The molecule has 8 nitrogen and oxygen atoms in total. The molecule has 0 aliphatic rings. The number of nitrogens with one attached hydrogen (secondary N) is 2. The molecular formula is C21H23N7O. The van der Waals surface area contributed by atoms with Crippen molar-refractivity contribution in [1.82, 2.24) is 35.0 Å². The van der Waals surface area contributed by atoms with Crippen LogP contribution in [0.1, 0.15) is 38.0 Å². The van der Waals surface area contributed by atoms with Crippen molar-refractivity contribution in [2.75, 3.05) is 0 Å². The molecule has 0 saturated heterocycles. The highest BCUT2D eigenvalue weighted by atomic mass is 16.2. The molecule has 3 heterocycles. The number of nitrogens with zero attached hydrogens (tertiary/aromatic N) is 5. The Hall–Kier alpha value is -3.55. The van der Waals surface area contributed by atoms with Crippen molar-refractivity contribution in [2.24, 2.45) is 0 Å². The molecule has 0 radical (unpaired) electrons. The number of pyridine rings is 1. The fourth-order valence-electron chi connectivity index (χ4n) is 3.37. The van der Waals surface area contributed by atoms with E-state index in [1.807, 2.05) is 47.9 Å². The van der Waals surface area contributed by atoms with Crippen LogP contribution in [0.3, 0.4) is 0 Å². The van der Waals surface area contributed by atoms with Crippen LogP contribution in [0.2, 0.25) is 0 Å². The highest BCUT2D eigenvalue weighted by Gasteiger charge is 2.21. The zero-order chi connectivity index (χ0) is 20.2. The molecule has 0 spiro atoms. The first-order valence-corrected chi connectivity index (χ1v) is 9.72. The topological polar surface area (TPSA) is 101 Å². The smallest absolute Gasteiger partial charge is 0.243 e. The van der Waals surface area contributed by atoms with Gasteiger partial charge in [0.2, 0.25) is 5.91 Å². The van der Waals surface area contributed by atoms with Gasteiger partial charge in [0.1, 0.15) is 17.7 Å². The first-order chi connectivity index (χ1) is 14.2. The Morgan fingerprint density at radius 2 is 1.97 bits per heavy atom. The average molecular weight is 389 g/mol. The van der Waals surface area contributed by atoms with Crippen LogP contribution in [0.5, 0.6) is 0 Å². The predicted octanol–water partition coefficient (Wildman–Crippen LogP) is 3.05. The van der Waals surface area contributed by atoms with Gasteiger partial charge in [-0.3, -0.25) is 14.9 Å². The van der Waals surface area contributed by atoms with Crippen molar-refractivity contribution in [3.8, 4) is 11.4 Å². The molecule has 0 saturated carbocycles. The van der Waals surface area contributed by atoms with Gasteiger partial charge in [-0.1, -0.05) is 19.1 Å². The van der Waals surface area contributed by atoms with E-state index >= 15 is 0 Å². The quantitative estimate of drug-likeness (QED) is 0.506. The second-order valence-corrected chi connectivity index (χ2v) is 6.87. The summed E-state index contributed by atoms with van der Waals surface area (Å²) in [7, 11) is 0. The summed E-state index contributed by atoms with van der Waals surface area (Å²) in [6.07, 6.45) is 5.17. The van der Waals surface area contributed by atoms with Crippen LogP contribution in [0.25, 0.3) is 22.4 Å². The van der Waals surface area contributed by atoms with Gasteiger partial charge < -0.3 is 9.88 Å². The lowest BCUT2D eigenvalue weighted by atomic mass is 10.2. The van der Waals surface area contributed by atoms with Crippen LogP contribution in [0.15, 0.2) is 48.8 Å². The van der Waals surface area contributed by atoms with Crippen LogP contribution in [-0.4, -0.2) is 35.6 Å². The number of rotatable bonds is 7. The Morgan fingerprint density at radius 1 is 1.17 bits per heavy atom. The number of hydrogen-bond acceptors (Lipinski definition) is 5. The van der Waals surface area contributed by atoms with Crippen LogP contribution >= 0.6 is 0 Å². The molecule has 0 aliphatic heterocycles. The zero-order valence-corrected chi connectivity index (χ0v) is 16.5. The van der Waals surface area contributed by atoms with Gasteiger partial charge in [0, 0.05) is 24.4 Å². The van der Waals surface area contributed by atoms with Gasteiger partial charge in [0.25, 0.3) is 0 Å². The van der Waals surface area contributed by atoms with Crippen LogP contribution < -0.4 is 5.32 Å². The van der Waals surface area contributed by atoms with Gasteiger partial charge >= 0.3 is 0 Å². The van der Waals surface area contributed by atoms with Crippen LogP contribution in [0, 0.1) is 0 Å². The summed E-state index contributed by atoms with van der Waals surface area (Å²) in [5.74, 6) is 2.01. The maximum absolute atomic E-state index is 12.9. The van der Waals surface area contributed by atoms with E-state index in [0.29, 0.717) is 11.6 Å². The number of imidazole rings is 1. The van der Waals surface area contributed by atoms with E-state index in [4.69, 9.17) is 4.98 Å². The molecule has 3 aromatic heterocycles. The highest BCUT2D eigenvalue weighted by Crippen LogP contribution is 2.22. The van der Waals surface area contributed by atoms with Gasteiger partial charge in [-0.05, 0) is 37.6 Å². The molecule has 1 atom stereocenters. The fraction of sp³-hybridized carbons (Fsp3) is 0.286. The Balaban J connectivity index is 1.49. The Labute approximate surface area is 168 Å². The largest absolute Gasteiger partial charge is 0.347 e. The Morgan fingerprint density at radius 3 is 2.76 bits per heavy atom. The van der Waals surface area contributed by atoms with Crippen LogP contribution in [-0.2, 0) is 17.8 Å². The summed E-state index contributed by atoms with van der Waals surface area (Å²) >= 11 is 0. The van der Waals surface area contributed by atoms with Crippen molar-refractivity contribution in [3.63, 3.8) is 0 Å². The number of aryl methyl sites for hydroxylation is 1. The number of fused-ring (bicyclic) bond motifs is 1. The minimum absolute atomic E-state index is 0.0904. The van der Waals surface area contributed by atoms with Gasteiger partial charge in [0.05, 0.1) is 17.6 Å². The predicted molar refractivity (Wildman–Crippen MR) is 110 cm³/mol.